The van der Waals surface area contributed by atoms with E-state index in [-0.39, 0.29) is 23.7 Å². The lowest BCUT2D eigenvalue weighted by Crippen LogP contribution is -2.47. The van der Waals surface area contributed by atoms with Gasteiger partial charge in [-0.15, -0.1) is 0 Å². The molecule has 1 saturated heterocycles. The number of benzene rings is 1. The first-order chi connectivity index (χ1) is 11.0. The Hall–Kier alpha value is -2.28. The molecule has 0 radical (unpaired) electrons. The molecule has 0 spiro atoms. The van der Waals surface area contributed by atoms with Gasteiger partial charge in [0.05, 0.1) is 12.0 Å². The molecule has 122 valence electrons. The molecule has 6 nitrogen and oxygen atoms in total. The Morgan fingerprint density at radius 1 is 1.52 bits per heavy atom. The second-order valence-electron chi connectivity index (χ2n) is 5.88. The van der Waals surface area contributed by atoms with E-state index < -0.39 is 0 Å². The van der Waals surface area contributed by atoms with E-state index in [1.807, 2.05) is 4.90 Å². The van der Waals surface area contributed by atoms with Gasteiger partial charge in [0.15, 0.2) is 0 Å². The van der Waals surface area contributed by atoms with Crippen LogP contribution in [0.5, 0.6) is 0 Å². The van der Waals surface area contributed by atoms with Crippen LogP contribution in [0.1, 0.15) is 31.6 Å². The van der Waals surface area contributed by atoms with Crippen molar-refractivity contribution in [2.24, 2.45) is 5.73 Å². The molecule has 2 heterocycles. The zero-order valence-electron chi connectivity index (χ0n) is 12.9. The second kappa shape index (κ2) is 6.45. The van der Waals surface area contributed by atoms with Crippen LogP contribution < -0.4 is 5.73 Å². The number of hydrogen-bond donors (Lipinski definition) is 1. The molecule has 1 fully saturated rings. The van der Waals surface area contributed by atoms with Gasteiger partial charge in [-0.2, -0.15) is 4.98 Å². The Labute approximate surface area is 133 Å². The van der Waals surface area contributed by atoms with Gasteiger partial charge in [0, 0.05) is 12.1 Å². The van der Waals surface area contributed by atoms with Crippen LogP contribution in [-0.2, 0) is 4.79 Å². The monoisotopic (exact) mass is 318 g/mol. The molecular weight excluding hydrogens is 299 g/mol. The van der Waals surface area contributed by atoms with Gasteiger partial charge in [-0.1, -0.05) is 17.3 Å². The van der Waals surface area contributed by atoms with Gasteiger partial charge in [-0.3, -0.25) is 9.69 Å². The molecule has 1 aromatic carbocycles. The molecule has 0 aliphatic carbocycles. The topological polar surface area (TPSA) is 85.3 Å². The van der Waals surface area contributed by atoms with Gasteiger partial charge in [0.1, 0.15) is 5.82 Å². The molecule has 0 unspecified atom stereocenters. The van der Waals surface area contributed by atoms with Crippen molar-refractivity contribution in [2.45, 2.75) is 31.7 Å². The fraction of sp³-hybridized carbons (Fsp3) is 0.438. The SMILES string of the molecule is C[C@H](C(N)=O)N1CCC[C@H](c2nc(-c3cccc(F)c3)no2)C1. The molecule has 1 aromatic heterocycles. The maximum Gasteiger partial charge on any atom is 0.234 e. The van der Waals surface area contributed by atoms with E-state index in [1.54, 1.807) is 19.1 Å². The van der Waals surface area contributed by atoms with Gasteiger partial charge in [-0.25, -0.2) is 4.39 Å². The molecule has 1 aliphatic rings. The summed E-state index contributed by atoms with van der Waals surface area (Å²) in [5, 5.41) is 3.94. The van der Waals surface area contributed by atoms with Gasteiger partial charge >= 0.3 is 0 Å². The number of carbonyl (C=O) groups excluding carboxylic acids is 1. The molecule has 7 heteroatoms. The molecule has 2 aromatic rings. The fourth-order valence-corrected chi connectivity index (χ4v) is 2.89. The summed E-state index contributed by atoms with van der Waals surface area (Å²) >= 11 is 0. The number of carbonyl (C=O) groups is 1. The number of nitrogens with zero attached hydrogens (tertiary/aromatic N) is 3. The minimum absolute atomic E-state index is 0.0559. The van der Waals surface area contributed by atoms with Crippen molar-refractivity contribution >= 4 is 5.91 Å². The predicted molar refractivity (Wildman–Crippen MR) is 81.9 cm³/mol. The van der Waals surface area contributed by atoms with Crippen LogP contribution in [0.2, 0.25) is 0 Å². The molecule has 0 bridgehead atoms. The molecule has 1 amide bonds. The Bertz CT molecular complexity index is 703. The zero-order valence-corrected chi connectivity index (χ0v) is 12.9. The Kier molecular flexibility index (Phi) is 4.38. The number of nitrogens with two attached hydrogens (primary N) is 1. The summed E-state index contributed by atoms with van der Waals surface area (Å²) in [4.78, 5) is 17.8. The van der Waals surface area contributed by atoms with Crippen molar-refractivity contribution in [1.29, 1.82) is 0 Å². The Morgan fingerprint density at radius 2 is 2.35 bits per heavy atom. The third-order valence-electron chi connectivity index (χ3n) is 4.29. The van der Waals surface area contributed by atoms with Crippen molar-refractivity contribution in [2.75, 3.05) is 13.1 Å². The van der Waals surface area contributed by atoms with E-state index in [0.717, 1.165) is 19.4 Å². The summed E-state index contributed by atoms with van der Waals surface area (Å²) in [7, 11) is 0. The van der Waals surface area contributed by atoms with Crippen LogP contribution in [-0.4, -0.2) is 40.1 Å². The number of piperidine rings is 1. The van der Waals surface area contributed by atoms with E-state index in [2.05, 4.69) is 10.1 Å². The average Bonchev–Trinajstić information content (AvgIpc) is 3.04. The standard InChI is InChI=1S/C16H19FN4O2/c1-10(14(18)22)21-7-3-5-12(9-21)16-19-15(20-23-16)11-4-2-6-13(17)8-11/h2,4,6,8,10,12H,3,5,7,9H2,1H3,(H2,18,22)/t10-,12+/m1/s1. The first-order valence-electron chi connectivity index (χ1n) is 7.67. The third-order valence-corrected chi connectivity index (χ3v) is 4.29. The quantitative estimate of drug-likeness (QED) is 0.931. The van der Waals surface area contributed by atoms with E-state index in [9.17, 15) is 9.18 Å². The lowest BCUT2D eigenvalue weighted by molar-refractivity contribution is -0.123. The number of primary amides is 1. The number of rotatable bonds is 4. The van der Waals surface area contributed by atoms with E-state index in [1.165, 1.54) is 12.1 Å². The van der Waals surface area contributed by atoms with Crippen molar-refractivity contribution in [3.63, 3.8) is 0 Å². The molecule has 23 heavy (non-hydrogen) atoms. The number of likely N-dealkylation sites (tertiary alicyclic amines) is 1. The highest BCUT2D eigenvalue weighted by Gasteiger charge is 2.30. The van der Waals surface area contributed by atoms with E-state index >= 15 is 0 Å². The minimum atomic E-state index is -0.340. The van der Waals surface area contributed by atoms with E-state index in [4.69, 9.17) is 10.3 Å². The first kappa shape index (κ1) is 15.6. The Balaban J connectivity index is 1.76. The highest BCUT2D eigenvalue weighted by Crippen LogP contribution is 2.28. The number of hydrogen-bond acceptors (Lipinski definition) is 5. The minimum Gasteiger partial charge on any atom is -0.368 e. The van der Waals surface area contributed by atoms with Gasteiger partial charge in [-0.05, 0) is 38.4 Å². The van der Waals surface area contributed by atoms with Crippen LogP contribution in [0.4, 0.5) is 4.39 Å². The largest absolute Gasteiger partial charge is 0.368 e. The molecule has 2 atom stereocenters. The Morgan fingerprint density at radius 3 is 3.09 bits per heavy atom. The van der Waals surface area contributed by atoms with E-state index in [0.29, 0.717) is 23.8 Å². The van der Waals surface area contributed by atoms with Crippen LogP contribution in [0.15, 0.2) is 28.8 Å². The number of amides is 1. The summed E-state index contributed by atoms with van der Waals surface area (Å²) in [6.07, 6.45) is 1.84. The molecular formula is C16H19FN4O2. The summed E-state index contributed by atoms with van der Waals surface area (Å²) in [5.74, 6) is 0.273. The molecule has 1 aliphatic heterocycles. The lowest BCUT2D eigenvalue weighted by atomic mass is 9.96. The maximum absolute atomic E-state index is 13.3. The maximum atomic E-state index is 13.3. The summed E-state index contributed by atoms with van der Waals surface area (Å²) < 4.78 is 18.7. The van der Waals surface area contributed by atoms with Crippen LogP contribution in [0.25, 0.3) is 11.4 Å². The lowest BCUT2D eigenvalue weighted by Gasteiger charge is -2.33. The van der Waals surface area contributed by atoms with Gasteiger partial charge in [0.2, 0.25) is 17.6 Å². The third kappa shape index (κ3) is 3.39. The van der Waals surface area contributed by atoms with Crippen molar-refractivity contribution < 1.29 is 13.7 Å². The second-order valence-corrected chi connectivity index (χ2v) is 5.88. The summed E-state index contributed by atoms with van der Waals surface area (Å²) in [5.41, 5.74) is 5.96. The zero-order chi connectivity index (χ0) is 16.4. The van der Waals surface area contributed by atoms with Gasteiger partial charge < -0.3 is 10.3 Å². The highest BCUT2D eigenvalue weighted by atomic mass is 19.1. The summed E-state index contributed by atoms with van der Waals surface area (Å²) in [6.45, 7) is 3.27. The van der Waals surface area contributed by atoms with Crippen LogP contribution in [0.3, 0.4) is 0 Å². The molecule has 3 rings (SSSR count). The van der Waals surface area contributed by atoms with Gasteiger partial charge in [0.25, 0.3) is 0 Å². The normalized spacial score (nSPS) is 20.3. The van der Waals surface area contributed by atoms with Crippen molar-refractivity contribution in [3.8, 4) is 11.4 Å². The molecule has 2 N–H and O–H groups in total. The predicted octanol–water partition coefficient (Wildman–Crippen LogP) is 1.93. The smallest absolute Gasteiger partial charge is 0.234 e. The summed E-state index contributed by atoms with van der Waals surface area (Å²) in [6, 6.07) is 5.77. The first-order valence-corrected chi connectivity index (χ1v) is 7.67. The highest BCUT2D eigenvalue weighted by molar-refractivity contribution is 5.79. The average molecular weight is 318 g/mol. The van der Waals surface area contributed by atoms with Crippen molar-refractivity contribution in [3.05, 3.63) is 36.0 Å². The molecule has 0 saturated carbocycles. The van der Waals surface area contributed by atoms with Crippen LogP contribution >= 0.6 is 0 Å². The number of halogens is 1. The number of aromatic nitrogens is 2. The fourth-order valence-electron chi connectivity index (χ4n) is 2.89. The van der Waals surface area contributed by atoms with Crippen LogP contribution in [0, 0.1) is 5.82 Å². The van der Waals surface area contributed by atoms with Crippen molar-refractivity contribution in [1.82, 2.24) is 15.0 Å².